The summed E-state index contributed by atoms with van der Waals surface area (Å²) in [5.74, 6) is 1.01. The van der Waals surface area contributed by atoms with E-state index in [1.807, 2.05) is 12.2 Å². The Labute approximate surface area is 352 Å². The molecule has 2 nitrogen and oxygen atoms in total. The highest BCUT2D eigenvalue weighted by molar-refractivity contribution is 6.22. The molecular formula is C58H46N2. The van der Waals surface area contributed by atoms with Gasteiger partial charge in [0, 0.05) is 17.7 Å². The van der Waals surface area contributed by atoms with E-state index in [2.05, 4.69) is 206 Å². The Hall–Kier alpha value is -7.29. The third-order valence-electron chi connectivity index (χ3n) is 11.9. The molecule has 0 radical (unpaired) electrons. The lowest BCUT2D eigenvalue weighted by Crippen LogP contribution is -2.03. The first-order chi connectivity index (χ1) is 29.7. The van der Waals surface area contributed by atoms with Crippen molar-refractivity contribution in [1.82, 2.24) is 9.55 Å². The molecule has 0 saturated heterocycles. The van der Waals surface area contributed by atoms with Crippen LogP contribution in [0.25, 0.3) is 101 Å². The number of imidazole rings is 1. The molecule has 7 aromatic carbocycles. The number of fused-ring (bicyclic) bond motifs is 4. The standard InChI is InChI=1S/C58H46N2/c1-3-5-17-40-19-15-21-46(35-40)56-50-25-11-12-26-51(50)57(47-22-16-20-41(36-47)18-6-4-2)53-39-45(33-34-52(53)56)43-29-30-44-38-48(32-31-42(44)37-43)58-59-54-27-13-14-28-55(54)60(58)49-23-9-7-8-10-24-49/h3,5-12,14-23,25-26,28-39H,1,4,13,24,27H2,2H3/b17-5-,18-6-. The fraction of sp³-hybridized carbons (Fsp3) is 0.0862. The zero-order chi connectivity index (χ0) is 40.4. The third-order valence-corrected chi connectivity index (χ3v) is 11.9. The van der Waals surface area contributed by atoms with Crippen molar-refractivity contribution in [2.75, 3.05) is 0 Å². The van der Waals surface area contributed by atoms with Gasteiger partial charge in [0.1, 0.15) is 5.82 Å². The monoisotopic (exact) mass is 770 g/mol. The van der Waals surface area contributed by atoms with Crippen LogP contribution in [0, 0.1) is 0 Å². The second-order valence-corrected chi connectivity index (χ2v) is 15.7. The summed E-state index contributed by atoms with van der Waals surface area (Å²) in [5, 5.41) is 7.37. The fourth-order valence-electron chi connectivity index (χ4n) is 9.04. The van der Waals surface area contributed by atoms with Crippen molar-refractivity contribution in [3.63, 3.8) is 0 Å². The summed E-state index contributed by atoms with van der Waals surface area (Å²) in [6, 6.07) is 47.6. The van der Waals surface area contributed by atoms with Crippen LogP contribution in [0.2, 0.25) is 0 Å². The maximum Gasteiger partial charge on any atom is 0.145 e. The average molecular weight is 771 g/mol. The minimum absolute atomic E-state index is 0.860. The van der Waals surface area contributed by atoms with Gasteiger partial charge in [-0.25, -0.2) is 4.98 Å². The molecule has 0 spiro atoms. The SMILES string of the molecule is C=C/C=C\c1cccc(-c2c3ccccc3c(-c3cccc(/C=C\CC)c3)c3cc(-c4ccc5cc(-c6nc7c(n6C6=CC=CC=CC6)C=CCC7)ccc5c4)ccc23)c1. The predicted molar refractivity (Wildman–Crippen MR) is 260 cm³/mol. The molecule has 0 bridgehead atoms. The Bertz CT molecular complexity index is 3170. The van der Waals surface area contributed by atoms with Crippen molar-refractivity contribution in [3.05, 3.63) is 211 Å². The maximum absolute atomic E-state index is 5.26. The summed E-state index contributed by atoms with van der Waals surface area (Å²) in [6.45, 7) is 6.08. The van der Waals surface area contributed by atoms with Crippen molar-refractivity contribution in [1.29, 1.82) is 0 Å². The Morgan fingerprint density at radius 3 is 2.07 bits per heavy atom. The number of aromatic nitrogens is 2. The van der Waals surface area contributed by atoms with E-state index in [1.165, 1.54) is 88.3 Å². The molecule has 288 valence electrons. The molecule has 1 aromatic heterocycles. The van der Waals surface area contributed by atoms with Gasteiger partial charge < -0.3 is 0 Å². The van der Waals surface area contributed by atoms with E-state index in [1.54, 1.807) is 0 Å². The largest absolute Gasteiger partial charge is 0.296 e. The summed E-state index contributed by atoms with van der Waals surface area (Å²) in [7, 11) is 0. The Kier molecular flexibility index (Phi) is 9.97. The van der Waals surface area contributed by atoms with Crippen LogP contribution in [0.15, 0.2) is 189 Å². The number of hydrogen-bond acceptors (Lipinski definition) is 1. The van der Waals surface area contributed by atoms with Gasteiger partial charge in [0.25, 0.3) is 0 Å². The Morgan fingerprint density at radius 2 is 1.30 bits per heavy atom. The van der Waals surface area contributed by atoms with E-state index >= 15 is 0 Å². The van der Waals surface area contributed by atoms with Gasteiger partial charge >= 0.3 is 0 Å². The summed E-state index contributed by atoms with van der Waals surface area (Å²) in [4.78, 5) is 5.26. The third kappa shape index (κ3) is 6.91. The Balaban J connectivity index is 1.13. The molecule has 1 heterocycles. The Morgan fingerprint density at radius 1 is 0.617 bits per heavy atom. The van der Waals surface area contributed by atoms with Crippen LogP contribution in [-0.4, -0.2) is 9.55 Å². The first-order valence-electron chi connectivity index (χ1n) is 21.2. The smallest absolute Gasteiger partial charge is 0.145 e. The molecule has 8 aromatic rings. The van der Waals surface area contributed by atoms with Crippen molar-refractivity contribution >= 4 is 56.2 Å². The minimum Gasteiger partial charge on any atom is -0.296 e. The minimum atomic E-state index is 0.860. The highest BCUT2D eigenvalue weighted by atomic mass is 15.1. The van der Waals surface area contributed by atoms with E-state index in [9.17, 15) is 0 Å². The summed E-state index contributed by atoms with van der Waals surface area (Å²) < 4.78 is 2.37. The summed E-state index contributed by atoms with van der Waals surface area (Å²) in [5.41, 5.74) is 14.4. The second-order valence-electron chi connectivity index (χ2n) is 15.7. The van der Waals surface area contributed by atoms with E-state index in [0.717, 1.165) is 42.6 Å². The first kappa shape index (κ1) is 37.0. The van der Waals surface area contributed by atoms with Gasteiger partial charge in [0.15, 0.2) is 0 Å². The molecule has 0 N–H and O–H groups in total. The molecule has 0 fully saturated rings. The highest BCUT2D eigenvalue weighted by Gasteiger charge is 2.22. The predicted octanol–water partition coefficient (Wildman–Crippen LogP) is 15.9. The molecule has 2 aliphatic carbocycles. The number of rotatable bonds is 9. The zero-order valence-corrected chi connectivity index (χ0v) is 34.0. The lowest BCUT2D eigenvalue weighted by molar-refractivity contribution is 0.936. The molecule has 0 saturated carbocycles. The van der Waals surface area contributed by atoms with Crippen molar-refractivity contribution in [2.45, 2.75) is 32.6 Å². The van der Waals surface area contributed by atoms with Gasteiger partial charge in [-0.15, -0.1) is 0 Å². The van der Waals surface area contributed by atoms with Gasteiger partial charge in [-0.3, -0.25) is 4.57 Å². The molecule has 0 aliphatic heterocycles. The summed E-state index contributed by atoms with van der Waals surface area (Å²) >= 11 is 0. The fourth-order valence-corrected chi connectivity index (χ4v) is 9.04. The summed E-state index contributed by atoms with van der Waals surface area (Å²) in [6.07, 6.45) is 29.6. The maximum atomic E-state index is 5.26. The normalized spacial score (nSPS) is 13.8. The molecule has 2 aliphatic rings. The van der Waals surface area contributed by atoms with Crippen molar-refractivity contribution in [2.24, 2.45) is 0 Å². The number of aryl methyl sites for hydroxylation is 1. The molecule has 0 atom stereocenters. The zero-order valence-electron chi connectivity index (χ0n) is 34.0. The van der Waals surface area contributed by atoms with Crippen LogP contribution in [0.4, 0.5) is 0 Å². The lowest BCUT2D eigenvalue weighted by Gasteiger charge is -2.19. The van der Waals surface area contributed by atoms with Gasteiger partial charge in [-0.1, -0.05) is 171 Å². The number of allylic oxidation sites excluding steroid dienone is 10. The highest BCUT2D eigenvalue weighted by Crippen LogP contribution is 2.45. The van der Waals surface area contributed by atoms with E-state index in [-0.39, 0.29) is 0 Å². The van der Waals surface area contributed by atoms with Gasteiger partial charge in [-0.05, 0) is 139 Å². The van der Waals surface area contributed by atoms with E-state index < -0.39 is 0 Å². The van der Waals surface area contributed by atoms with Crippen LogP contribution in [0.5, 0.6) is 0 Å². The van der Waals surface area contributed by atoms with Crippen LogP contribution < -0.4 is 0 Å². The average Bonchev–Trinajstić information content (AvgIpc) is 3.48. The van der Waals surface area contributed by atoms with E-state index in [4.69, 9.17) is 4.98 Å². The molecule has 10 rings (SSSR count). The molecular weight excluding hydrogens is 725 g/mol. The van der Waals surface area contributed by atoms with Gasteiger partial charge in [0.05, 0.1) is 11.4 Å². The van der Waals surface area contributed by atoms with Crippen LogP contribution in [0.3, 0.4) is 0 Å². The van der Waals surface area contributed by atoms with Crippen molar-refractivity contribution in [3.8, 4) is 44.8 Å². The lowest BCUT2D eigenvalue weighted by atomic mass is 9.84. The number of nitrogens with zero attached hydrogens (tertiary/aromatic N) is 2. The quantitative estimate of drug-likeness (QED) is 0.106. The first-order valence-corrected chi connectivity index (χ1v) is 21.2. The van der Waals surface area contributed by atoms with Gasteiger partial charge in [-0.2, -0.15) is 0 Å². The van der Waals surface area contributed by atoms with Crippen molar-refractivity contribution < 1.29 is 0 Å². The van der Waals surface area contributed by atoms with Crippen LogP contribution in [0.1, 0.15) is 48.7 Å². The molecule has 2 heteroatoms. The van der Waals surface area contributed by atoms with Crippen LogP contribution >= 0.6 is 0 Å². The van der Waals surface area contributed by atoms with E-state index in [0.29, 0.717) is 0 Å². The molecule has 60 heavy (non-hydrogen) atoms. The van der Waals surface area contributed by atoms with Crippen LogP contribution in [-0.2, 0) is 6.42 Å². The molecule has 0 unspecified atom stereocenters. The second kappa shape index (κ2) is 16.2. The topological polar surface area (TPSA) is 17.8 Å². The molecule has 0 amide bonds. The number of benzene rings is 7. The number of hydrogen-bond donors (Lipinski definition) is 0. The van der Waals surface area contributed by atoms with Gasteiger partial charge in [0.2, 0.25) is 0 Å².